The van der Waals surface area contributed by atoms with Gasteiger partial charge in [0.1, 0.15) is 0 Å². The topological polar surface area (TPSA) is 20.3 Å². The first-order valence-corrected chi connectivity index (χ1v) is 5.79. The molecule has 0 unspecified atom stereocenters. The number of amides is 1. The molecule has 0 spiro atoms. The number of rotatable bonds is 4. The number of carbonyl (C=O) groups is 1. The van der Waals surface area contributed by atoms with Gasteiger partial charge in [-0.25, -0.2) is 0 Å². The second-order valence-corrected chi connectivity index (χ2v) is 4.02. The highest BCUT2D eigenvalue weighted by Gasteiger charge is 2.16. The molecule has 0 atom stereocenters. The van der Waals surface area contributed by atoms with E-state index in [0.717, 1.165) is 37.9 Å². The zero-order valence-electron chi connectivity index (χ0n) is 8.76. The van der Waals surface area contributed by atoms with Crippen LogP contribution in [0.4, 0.5) is 4.79 Å². The van der Waals surface area contributed by atoms with Crippen LogP contribution in [0.3, 0.4) is 0 Å². The maximum Gasteiger partial charge on any atom is 0.320 e. The normalized spacial score (nSPS) is 16.3. The van der Waals surface area contributed by atoms with Crippen molar-refractivity contribution in [2.45, 2.75) is 45.4 Å². The van der Waals surface area contributed by atoms with Crippen LogP contribution in [-0.2, 0) is 0 Å². The molecule has 0 saturated carbocycles. The van der Waals surface area contributed by atoms with Crippen molar-refractivity contribution in [3.63, 3.8) is 0 Å². The summed E-state index contributed by atoms with van der Waals surface area (Å²) in [6.07, 6.45) is 8.77. The van der Waals surface area contributed by atoms with Gasteiger partial charge >= 0.3 is 5.37 Å². The van der Waals surface area contributed by atoms with Crippen molar-refractivity contribution >= 4 is 17.0 Å². The summed E-state index contributed by atoms with van der Waals surface area (Å²) in [5.41, 5.74) is 1.13. The monoisotopic (exact) mass is 215 g/mol. The van der Waals surface area contributed by atoms with Crippen molar-refractivity contribution in [3.05, 3.63) is 11.8 Å². The summed E-state index contributed by atoms with van der Waals surface area (Å²) >= 11 is 5.56. The van der Waals surface area contributed by atoms with E-state index in [0.29, 0.717) is 0 Å². The molecule has 1 aliphatic rings. The molecular formula is C11H18ClNO. The average molecular weight is 216 g/mol. The molecule has 14 heavy (non-hydrogen) atoms. The third kappa shape index (κ3) is 3.33. The van der Waals surface area contributed by atoms with Crippen molar-refractivity contribution in [3.8, 4) is 0 Å². The van der Waals surface area contributed by atoms with E-state index in [-0.39, 0.29) is 5.37 Å². The molecule has 2 nitrogen and oxygen atoms in total. The lowest BCUT2D eigenvalue weighted by molar-refractivity contribution is 0.231. The van der Waals surface area contributed by atoms with Gasteiger partial charge in [0, 0.05) is 12.2 Å². The van der Waals surface area contributed by atoms with Gasteiger partial charge in [0.15, 0.2) is 0 Å². The minimum atomic E-state index is -0.327. The van der Waals surface area contributed by atoms with Gasteiger partial charge in [0.25, 0.3) is 0 Å². The van der Waals surface area contributed by atoms with Crippen LogP contribution in [-0.4, -0.2) is 16.8 Å². The summed E-state index contributed by atoms with van der Waals surface area (Å²) in [7, 11) is 0. The van der Waals surface area contributed by atoms with Gasteiger partial charge < -0.3 is 4.90 Å². The molecule has 1 aliphatic carbocycles. The summed E-state index contributed by atoms with van der Waals surface area (Å²) in [4.78, 5) is 12.9. The number of halogens is 1. The number of unbranched alkanes of at least 4 members (excludes halogenated alkanes) is 1. The Balaban J connectivity index is 2.56. The minimum Gasteiger partial charge on any atom is -0.303 e. The van der Waals surface area contributed by atoms with Gasteiger partial charge in [-0.3, -0.25) is 4.79 Å². The molecule has 0 bridgehead atoms. The summed E-state index contributed by atoms with van der Waals surface area (Å²) in [5, 5.41) is -0.327. The van der Waals surface area contributed by atoms with E-state index < -0.39 is 0 Å². The van der Waals surface area contributed by atoms with Crippen LogP contribution in [0.1, 0.15) is 45.4 Å². The molecule has 80 valence electrons. The number of allylic oxidation sites excluding steroid dienone is 2. The van der Waals surface area contributed by atoms with Crippen molar-refractivity contribution < 1.29 is 4.79 Å². The van der Waals surface area contributed by atoms with E-state index in [9.17, 15) is 4.79 Å². The standard InChI is InChI=1S/C11H18ClNO/c1-2-3-9-13(11(12)14)10-7-5-4-6-8-10/h7H,2-6,8-9H2,1H3. The molecule has 0 fully saturated rings. The van der Waals surface area contributed by atoms with Crippen molar-refractivity contribution in [2.75, 3.05) is 6.54 Å². The van der Waals surface area contributed by atoms with Gasteiger partial charge in [0.05, 0.1) is 0 Å². The van der Waals surface area contributed by atoms with E-state index in [1.807, 2.05) is 0 Å². The van der Waals surface area contributed by atoms with Crippen LogP contribution in [0.25, 0.3) is 0 Å². The first-order chi connectivity index (χ1) is 6.75. The number of carbonyl (C=O) groups excluding carboxylic acids is 1. The second-order valence-electron chi connectivity index (χ2n) is 3.70. The summed E-state index contributed by atoms with van der Waals surface area (Å²) < 4.78 is 0. The Labute approximate surface area is 90.9 Å². The quantitative estimate of drug-likeness (QED) is 0.515. The Morgan fingerprint density at radius 3 is 2.86 bits per heavy atom. The zero-order valence-corrected chi connectivity index (χ0v) is 9.52. The van der Waals surface area contributed by atoms with E-state index in [2.05, 4.69) is 13.0 Å². The van der Waals surface area contributed by atoms with Crippen LogP contribution in [0, 0.1) is 0 Å². The average Bonchev–Trinajstić information content (AvgIpc) is 2.19. The van der Waals surface area contributed by atoms with Crippen molar-refractivity contribution in [1.82, 2.24) is 4.90 Å². The predicted molar refractivity (Wildman–Crippen MR) is 59.4 cm³/mol. The number of hydrogen-bond donors (Lipinski definition) is 0. The molecule has 3 heteroatoms. The fourth-order valence-electron chi connectivity index (χ4n) is 1.73. The lowest BCUT2D eigenvalue weighted by atomic mass is 10.0. The maximum absolute atomic E-state index is 11.2. The molecule has 0 saturated heterocycles. The Hall–Kier alpha value is -0.500. The van der Waals surface area contributed by atoms with E-state index in [1.165, 1.54) is 12.8 Å². The van der Waals surface area contributed by atoms with Crippen molar-refractivity contribution in [1.29, 1.82) is 0 Å². The van der Waals surface area contributed by atoms with E-state index in [4.69, 9.17) is 11.6 Å². The molecule has 0 aromatic rings. The summed E-state index contributed by atoms with van der Waals surface area (Å²) in [5.74, 6) is 0. The SMILES string of the molecule is CCCCN(C(=O)Cl)C1=CCCCC1. The van der Waals surface area contributed by atoms with Gasteiger partial charge in [-0.05, 0) is 43.7 Å². The van der Waals surface area contributed by atoms with E-state index in [1.54, 1.807) is 4.90 Å². The zero-order chi connectivity index (χ0) is 10.4. The molecular weight excluding hydrogens is 198 g/mol. The molecule has 0 aromatic carbocycles. The van der Waals surface area contributed by atoms with Crippen LogP contribution < -0.4 is 0 Å². The van der Waals surface area contributed by atoms with Gasteiger partial charge in [-0.1, -0.05) is 19.4 Å². The van der Waals surface area contributed by atoms with Crippen LogP contribution in [0.5, 0.6) is 0 Å². The van der Waals surface area contributed by atoms with Crippen LogP contribution in [0.15, 0.2) is 11.8 Å². The number of hydrogen-bond acceptors (Lipinski definition) is 1. The Bertz CT molecular complexity index is 225. The molecule has 0 aromatic heterocycles. The van der Waals surface area contributed by atoms with E-state index >= 15 is 0 Å². The fraction of sp³-hybridized carbons (Fsp3) is 0.727. The highest BCUT2D eigenvalue weighted by Crippen LogP contribution is 2.22. The third-order valence-electron chi connectivity index (χ3n) is 2.56. The second kappa shape index (κ2) is 6.07. The smallest absolute Gasteiger partial charge is 0.303 e. The van der Waals surface area contributed by atoms with Gasteiger partial charge in [-0.15, -0.1) is 0 Å². The highest BCUT2D eigenvalue weighted by molar-refractivity contribution is 6.63. The largest absolute Gasteiger partial charge is 0.320 e. The van der Waals surface area contributed by atoms with Crippen molar-refractivity contribution in [2.24, 2.45) is 0 Å². The van der Waals surface area contributed by atoms with Gasteiger partial charge in [0.2, 0.25) is 0 Å². The lowest BCUT2D eigenvalue weighted by Gasteiger charge is -2.25. The third-order valence-corrected chi connectivity index (χ3v) is 2.77. The lowest BCUT2D eigenvalue weighted by Crippen LogP contribution is -2.27. The predicted octanol–water partition coefficient (Wildman–Crippen LogP) is 3.91. The molecule has 0 radical (unpaired) electrons. The number of nitrogens with zero attached hydrogens (tertiary/aromatic N) is 1. The van der Waals surface area contributed by atoms with Gasteiger partial charge in [-0.2, -0.15) is 0 Å². The molecule has 0 heterocycles. The Morgan fingerprint density at radius 1 is 1.57 bits per heavy atom. The summed E-state index contributed by atoms with van der Waals surface area (Å²) in [6.45, 7) is 2.89. The Morgan fingerprint density at radius 2 is 2.36 bits per heavy atom. The molecule has 0 N–H and O–H groups in total. The summed E-state index contributed by atoms with van der Waals surface area (Å²) in [6, 6.07) is 0. The molecule has 0 aliphatic heterocycles. The minimum absolute atomic E-state index is 0.327. The highest BCUT2D eigenvalue weighted by atomic mass is 35.5. The molecule has 1 rings (SSSR count). The van der Waals surface area contributed by atoms with Crippen LogP contribution in [0.2, 0.25) is 0 Å². The fourth-order valence-corrected chi connectivity index (χ4v) is 1.92. The maximum atomic E-state index is 11.2. The molecule has 1 amide bonds. The Kier molecular flexibility index (Phi) is 5.02. The first kappa shape index (κ1) is 11.6. The first-order valence-electron chi connectivity index (χ1n) is 5.41. The van der Waals surface area contributed by atoms with Crippen LogP contribution >= 0.6 is 11.6 Å².